The van der Waals surface area contributed by atoms with Crippen LogP contribution in [0, 0.1) is 0 Å². The zero-order chi connectivity index (χ0) is 19.1. The van der Waals surface area contributed by atoms with Crippen molar-refractivity contribution in [3.05, 3.63) is 65.5 Å². The number of anilines is 1. The van der Waals surface area contributed by atoms with Gasteiger partial charge in [-0.25, -0.2) is 9.78 Å². The summed E-state index contributed by atoms with van der Waals surface area (Å²) in [6.45, 7) is 1.66. The van der Waals surface area contributed by atoms with Gasteiger partial charge in [-0.3, -0.25) is 5.43 Å². The molecule has 0 atom stereocenters. The third-order valence-electron chi connectivity index (χ3n) is 3.74. The number of aromatic nitrogens is 1. The molecule has 0 aliphatic heterocycles. The number of aliphatic carboxylic acids is 1. The summed E-state index contributed by atoms with van der Waals surface area (Å²) in [7, 11) is 0. The summed E-state index contributed by atoms with van der Waals surface area (Å²) in [6, 6.07) is 17.2. The standard InChI is InChI=1S/C20H19N3O3S/c1-2-17(15-8-10-16(11-9-15)26-12-19(24)25)22-23-20-21-18(13-27-20)14-6-4-3-5-7-14/h3-11,13H,2,12H2,1H3,(H,21,23)(H,24,25)/b22-17-. The van der Waals surface area contributed by atoms with Gasteiger partial charge < -0.3 is 9.84 Å². The quantitative estimate of drug-likeness (QED) is 0.443. The fourth-order valence-corrected chi connectivity index (χ4v) is 3.08. The van der Waals surface area contributed by atoms with Gasteiger partial charge >= 0.3 is 5.97 Å². The van der Waals surface area contributed by atoms with Gasteiger partial charge in [-0.2, -0.15) is 5.10 Å². The van der Waals surface area contributed by atoms with Gasteiger partial charge in [0.15, 0.2) is 6.61 Å². The van der Waals surface area contributed by atoms with Crippen LogP contribution in [0.15, 0.2) is 65.1 Å². The molecule has 0 saturated heterocycles. The molecule has 0 saturated carbocycles. The van der Waals surface area contributed by atoms with Gasteiger partial charge in [0.2, 0.25) is 5.13 Å². The normalized spacial score (nSPS) is 11.2. The predicted molar refractivity (Wildman–Crippen MR) is 108 cm³/mol. The van der Waals surface area contributed by atoms with E-state index in [9.17, 15) is 4.79 Å². The molecule has 2 aromatic carbocycles. The second kappa shape index (κ2) is 8.95. The summed E-state index contributed by atoms with van der Waals surface area (Å²) in [5.74, 6) is -0.491. The summed E-state index contributed by atoms with van der Waals surface area (Å²) in [5, 5.41) is 15.8. The maximum absolute atomic E-state index is 10.5. The number of hydrazone groups is 1. The Balaban J connectivity index is 1.68. The number of hydrogen-bond donors (Lipinski definition) is 2. The molecule has 3 rings (SSSR count). The lowest BCUT2D eigenvalue weighted by molar-refractivity contribution is -0.139. The van der Waals surface area contributed by atoms with E-state index in [0.29, 0.717) is 5.75 Å². The molecular weight excluding hydrogens is 362 g/mol. The van der Waals surface area contributed by atoms with E-state index in [4.69, 9.17) is 9.84 Å². The molecule has 0 amide bonds. The summed E-state index contributed by atoms with van der Waals surface area (Å²) in [6.07, 6.45) is 0.735. The van der Waals surface area contributed by atoms with Crippen LogP contribution in [0.3, 0.4) is 0 Å². The molecule has 27 heavy (non-hydrogen) atoms. The Morgan fingerprint density at radius 2 is 1.93 bits per heavy atom. The van der Waals surface area contributed by atoms with Crippen molar-refractivity contribution >= 4 is 28.1 Å². The van der Waals surface area contributed by atoms with E-state index < -0.39 is 5.97 Å². The van der Waals surface area contributed by atoms with E-state index in [0.717, 1.165) is 34.1 Å². The first kappa shape index (κ1) is 18.6. The Labute approximate surface area is 161 Å². The molecule has 0 aliphatic rings. The SMILES string of the molecule is CC/C(=N/Nc1nc(-c2ccccc2)cs1)c1ccc(OCC(=O)O)cc1. The van der Waals surface area contributed by atoms with E-state index in [1.165, 1.54) is 11.3 Å². The number of carbonyl (C=O) groups is 1. The van der Waals surface area contributed by atoms with Gasteiger partial charge in [-0.05, 0) is 36.2 Å². The van der Waals surface area contributed by atoms with E-state index in [2.05, 4.69) is 15.5 Å². The van der Waals surface area contributed by atoms with Gasteiger partial charge in [0.05, 0.1) is 11.4 Å². The van der Waals surface area contributed by atoms with Crippen molar-refractivity contribution in [1.29, 1.82) is 0 Å². The average Bonchev–Trinajstić information content (AvgIpc) is 3.17. The van der Waals surface area contributed by atoms with Crippen LogP contribution in [-0.4, -0.2) is 28.4 Å². The van der Waals surface area contributed by atoms with E-state index in [1.54, 1.807) is 12.1 Å². The number of thiazole rings is 1. The van der Waals surface area contributed by atoms with E-state index in [1.807, 2.05) is 54.8 Å². The van der Waals surface area contributed by atoms with Crippen LogP contribution in [0.2, 0.25) is 0 Å². The Kier molecular flexibility index (Phi) is 6.17. The average molecular weight is 381 g/mol. The van der Waals surface area contributed by atoms with Crippen molar-refractivity contribution in [1.82, 2.24) is 4.98 Å². The molecule has 0 bridgehead atoms. The maximum Gasteiger partial charge on any atom is 0.341 e. The van der Waals surface area contributed by atoms with Gasteiger partial charge in [0, 0.05) is 10.9 Å². The first-order valence-corrected chi connectivity index (χ1v) is 9.32. The number of benzene rings is 2. The van der Waals surface area contributed by atoms with Gasteiger partial charge in [0.25, 0.3) is 0 Å². The van der Waals surface area contributed by atoms with Crippen LogP contribution < -0.4 is 10.2 Å². The second-order valence-corrected chi connectivity index (χ2v) is 6.49. The molecule has 7 heteroatoms. The fourth-order valence-electron chi connectivity index (χ4n) is 2.42. The monoisotopic (exact) mass is 381 g/mol. The highest BCUT2D eigenvalue weighted by molar-refractivity contribution is 7.14. The van der Waals surface area contributed by atoms with E-state index >= 15 is 0 Å². The smallest absolute Gasteiger partial charge is 0.341 e. The minimum Gasteiger partial charge on any atom is -0.482 e. The summed E-state index contributed by atoms with van der Waals surface area (Å²) in [4.78, 5) is 15.1. The van der Waals surface area contributed by atoms with Crippen molar-refractivity contribution in [2.75, 3.05) is 12.0 Å². The van der Waals surface area contributed by atoms with Crippen molar-refractivity contribution in [3.8, 4) is 17.0 Å². The number of nitrogens with zero attached hydrogens (tertiary/aromatic N) is 2. The molecule has 6 nitrogen and oxygen atoms in total. The Bertz CT molecular complexity index is 921. The van der Waals surface area contributed by atoms with Gasteiger partial charge in [-0.1, -0.05) is 37.3 Å². The number of carboxylic acids is 1. The predicted octanol–water partition coefficient (Wildman–Crippen LogP) is 4.50. The van der Waals surface area contributed by atoms with Gasteiger partial charge in [0.1, 0.15) is 5.75 Å². The number of carboxylic acid groups (broad SMARTS) is 1. The van der Waals surface area contributed by atoms with Crippen LogP contribution in [0.1, 0.15) is 18.9 Å². The molecule has 1 heterocycles. The molecule has 1 aromatic heterocycles. The van der Waals surface area contributed by atoms with E-state index in [-0.39, 0.29) is 6.61 Å². The highest BCUT2D eigenvalue weighted by atomic mass is 32.1. The van der Waals surface area contributed by atoms with Crippen molar-refractivity contribution in [3.63, 3.8) is 0 Å². The molecule has 2 N–H and O–H groups in total. The zero-order valence-electron chi connectivity index (χ0n) is 14.8. The fraction of sp³-hybridized carbons (Fsp3) is 0.150. The molecule has 3 aromatic rings. The largest absolute Gasteiger partial charge is 0.482 e. The lowest BCUT2D eigenvalue weighted by Crippen LogP contribution is -2.09. The molecule has 0 aliphatic carbocycles. The summed E-state index contributed by atoms with van der Waals surface area (Å²) >= 11 is 1.50. The van der Waals surface area contributed by atoms with Crippen LogP contribution in [0.5, 0.6) is 5.75 Å². The molecule has 0 unspecified atom stereocenters. The van der Waals surface area contributed by atoms with Crippen LogP contribution >= 0.6 is 11.3 Å². The molecule has 0 spiro atoms. The van der Waals surface area contributed by atoms with Crippen molar-refractivity contribution in [2.45, 2.75) is 13.3 Å². The highest BCUT2D eigenvalue weighted by Crippen LogP contribution is 2.24. The summed E-state index contributed by atoms with van der Waals surface area (Å²) in [5.41, 5.74) is 6.82. The molecule has 138 valence electrons. The number of nitrogens with one attached hydrogen (secondary N) is 1. The number of hydrogen-bond acceptors (Lipinski definition) is 6. The third kappa shape index (κ3) is 5.15. The minimum atomic E-state index is -1.00. The lowest BCUT2D eigenvalue weighted by atomic mass is 10.1. The first-order chi connectivity index (χ1) is 13.2. The molecule has 0 radical (unpaired) electrons. The number of ether oxygens (including phenoxy) is 1. The van der Waals surface area contributed by atoms with Crippen LogP contribution in [0.4, 0.5) is 5.13 Å². The van der Waals surface area contributed by atoms with Crippen molar-refractivity contribution in [2.24, 2.45) is 5.10 Å². The first-order valence-electron chi connectivity index (χ1n) is 8.44. The maximum atomic E-state index is 10.5. The highest BCUT2D eigenvalue weighted by Gasteiger charge is 2.06. The Morgan fingerprint density at radius 1 is 1.19 bits per heavy atom. The Morgan fingerprint density at radius 3 is 2.59 bits per heavy atom. The Hall–Kier alpha value is -3.19. The van der Waals surface area contributed by atoms with Gasteiger partial charge in [-0.15, -0.1) is 11.3 Å². The third-order valence-corrected chi connectivity index (χ3v) is 4.49. The number of rotatable bonds is 8. The summed E-state index contributed by atoms with van der Waals surface area (Å²) < 4.78 is 5.15. The lowest BCUT2D eigenvalue weighted by Gasteiger charge is -2.07. The minimum absolute atomic E-state index is 0.358. The molecule has 0 fully saturated rings. The van der Waals surface area contributed by atoms with Crippen LogP contribution in [0.25, 0.3) is 11.3 Å². The molecular formula is C20H19N3O3S. The second-order valence-electron chi connectivity index (χ2n) is 5.63. The van der Waals surface area contributed by atoms with Crippen LogP contribution in [-0.2, 0) is 4.79 Å². The van der Waals surface area contributed by atoms with Crippen molar-refractivity contribution < 1.29 is 14.6 Å². The topological polar surface area (TPSA) is 83.8 Å². The zero-order valence-corrected chi connectivity index (χ0v) is 15.6.